The third-order valence-electron chi connectivity index (χ3n) is 3.66. The molecule has 1 atom stereocenters. The molecule has 0 radical (unpaired) electrons. The molecule has 3 rings (SSSR count). The van der Waals surface area contributed by atoms with Crippen molar-refractivity contribution in [2.24, 2.45) is 0 Å². The lowest BCUT2D eigenvalue weighted by molar-refractivity contribution is 0.196. The highest BCUT2D eigenvalue weighted by Gasteiger charge is 2.40. The van der Waals surface area contributed by atoms with Gasteiger partial charge in [-0.05, 0) is 12.5 Å². The van der Waals surface area contributed by atoms with Crippen LogP contribution in [0.25, 0.3) is 5.57 Å². The van der Waals surface area contributed by atoms with E-state index in [0.717, 1.165) is 17.7 Å². The van der Waals surface area contributed by atoms with Gasteiger partial charge in [-0.15, -0.1) is 0 Å². The maximum Gasteiger partial charge on any atom is 0.320 e. The average Bonchev–Trinajstić information content (AvgIpc) is 2.71. The number of ether oxygens (including phenoxy) is 1. The molecule has 2 bridgehead atoms. The van der Waals surface area contributed by atoms with Gasteiger partial charge in [-0.1, -0.05) is 6.08 Å². The number of nitrogens with zero attached hydrogens (tertiary/aromatic N) is 4. The minimum absolute atomic E-state index is 0.114. The fraction of sp³-hybridized carbons (Fsp3) is 0.462. The van der Waals surface area contributed by atoms with Crippen LogP contribution in [-0.2, 0) is 0 Å². The van der Waals surface area contributed by atoms with E-state index in [9.17, 15) is 4.79 Å². The Labute approximate surface area is 111 Å². The molecule has 2 amide bonds. The second kappa shape index (κ2) is 4.53. The zero-order valence-corrected chi connectivity index (χ0v) is 11.0. The first-order valence-corrected chi connectivity index (χ1v) is 6.36. The monoisotopic (exact) mass is 260 g/mol. The molecule has 2 aliphatic heterocycles. The zero-order valence-electron chi connectivity index (χ0n) is 11.0. The predicted molar refractivity (Wildman–Crippen MR) is 69.7 cm³/mol. The SMILES string of the molecule is CCN1C(=O)N2CC=C(c3cnc(OC)nc3)C1C2. The van der Waals surface area contributed by atoms with Crippen LogP contribution >= 0.6 is 0 Å². The number of likely N-dealkylation sites (N-methyl/N-ethyl adjacent to an activating group) is 1. The van der Waals surface area contributed by atoms with E-state index in [-0.39, 0.29) is 12.1 Å². The van der Waals surface area contributed by atoms with Crippen LogP contribution in [0.2, 0.25) is 0 Å². The van der Waals surface area contributed by atoms with Gasteiger partial charge >= 0.3 is 12.0 Å². The second-order valence-electron chi connectivity index (χ2n) is 4.61. The summed E-state index contributed by atoms with van der Waals surface area (Å²) in [5, 5.41) is 0. The number of rotatable bonds is 3. The van der Waals surface area contributed by atoms with Gasteiger partial charge in [-0.2, -0.15) is 0 Å². The molecule has 1 aromatic heterocycles. The Kier molecular flexibility index (Phi) is 2.85. The van der Waals surface area contributed by atoms with Gasteiger partial charge in [0.25, 0.3) is 0 Å². The zero-order chi connectivity index (χ0) is 13.4. The molecule has 19 heavy (non-hydrogen) atoms. The van der Waals surface area contributed by atoms with Crippen molar-refractivity contribution >= 4 is 11.6 Å². The van der Waals surface area contributed by atoms with Gasteiger partial charge in [0.2, 0.25) is 0 Å². The summed E-state index contributed by atoms with van der Waals surface area (Å²) in [5.41, 5.74) is 2.09. The number of hydrogen-bond donors (Lipinski definition) is 0. The topological polar surface area (TPSA) is 58.6 Å². The maximum atomic E-state index is 12.1. The Morgan fingerprint density at radius 2 is 2.16 bits per heavy atom. The molecule has 1 unspecified atom stereocenters. The minimum atomic E-state index is 0.114. The first kappa shape index (κ1) is 12.0. The lowest BCUT2D eigenvalue weighted by Crippen LogP contribution is -2.34. The van der Waals surface area contributed by atoms with Crippen molar-refractivity contribution in [3.05, 3.63) is 24.0 Å². The van der Waals surface area contributed by atoms with Gasteiger partial charge in [0.1, 0.15) is 0 Å². The maximum absolute atomic E-state index is 12.1. The van der Waals surface area contributed by atoms with Gasteiger partial charge in [0, 0.05) is 37.6 Å². The summed E-state index contributed by atoms with van der Waals surface area (Å²) in [5.74, 6) is 0. The molecule has 1 aromatic rings. The quantitative estimate of drug-likeness (QED) is 0.813. The van der Waals surface area contributed by atoms with E-state index in [0.29, 0.717) is 19.1 Å². The highest BCUT2D eigenvalue weighted by atomic mass is 16.5. The summed E-state index contributed by atoms with van der Waals surface area (Å²) >= 11 is 0. The number of hydrogen-bond acceptors (Lipinski definition) is 4. The summed E-state index contributed by atoms with van der Waals surface area (Å²) in [6.45, 7) is 4.13. The third kappa shape index (κ3) is 1.83. The van der Waals surface area contributed by atoms with Crippen molar-refractivity contribution in [2.45, 2.75) is 13.0 Å². The Balaban J connectivity index is 1.92. The molecular weight excluding hydrogens is 244 g/mol. The molecule has 0 aliphatic carbocycles. The highest BCUT2D eigenvalue weighted by molar-refractivity contribution is 5.85. The first-order valence-electron chi connectivity index (χ1n) is 6.36. The van der Waals surface area contributed by atoms with Crippen LogP contribution in [0, 0.1) is 0 Å². The number of amides is 2. The molecule has 100 valence electrons. The summed E-state index contributed by atoms with van der Waals surface area (Å²) in [6, 6.07) is 0.591. The molecule has 2 aliphatic rings. The van der Waals surface area contributed by atoms with E-state index in [1.54, 1.807) is 19.5 Å². The number of carbonyl (C=O) groups excluding carboxylic acids is 1. The molecule has 3 heterocycles. The minimum Gasteiger partial charge on any atom is -0.467 e. The molecule has 0 N–H and O–H groups in total. The van der Waals surface area contributed by atoms with Crippen molar-refractivity contribution in [3.8, 4) is 6.01 Å². The van der Waals surface area contributed by atoms with Gasteiger partial charge in [-0.3, -0.25) is 0 Å². The van der Waals surface area contributed by atoms with Crippen LogP contribution in [0.5, 0.6) is 6.01 Å². The van der Waals surface area contributed by atoms with Gasteiger partial charge in [0.15, 0.2) is 0 Å². The Morgan fingerprint density at radius 3 is 2.79 bits per heavy atom. The number of carbonyl (C=O) groups is 1. The number of methoxy groups -OCH3 is 1. The predicted octanol–water partition coefficient (Wildman–Crippen LogP) is 1.01. The molecule has 0 saturated carbocycles. The van der Waals surface area contributed by atoms with Crippen molar-refractivity contribution in [1.29, 1.82) is 0 Å². The number of aromatic nitrogens is 2. The van der Waals surface area contributed by atoms with Crippen molar-refractivity contribution in [1.82, 2.24) is 19.8 Å². The van der Waals surface area contributed by atoms with E-state index in [1.807, 2.05) is 16.7 Å². The Morgan fingerprint density at radius 1 is 1.42 bits per heavy atom. The van der Waals surface area contributed by atoms with Gasteiger partial charge in [-0.25, -0.2) is 14.8 Å². The Bertz CT molecular complexity index is 526. The van der Waals surface area contributed by atoms with E-state index in [2.05, 4.69) is 16.0 Å². The molecular formula is C13H16N4O2. The van der Waals surface area contributed by atoms with E-state index >= 15 is 0 Å². The van der Waals surface area contributed by atoms with Crippen LogP contribution in [-0.4, -0.2) is 58.6 Å². The number of fused-ring (bicyclic) bond motifs is 2. The summed E-state index contributed by atoms with van der Waals surface area (Å²) in [4.78, 5) is 24.1. The lowest BCUT2D eigenvalue weighted by atomic mass is 9.98. The van der Waals surface area contributed by atoms with Crippen LogP contribution in [0.15, 0.2) is 18.5 Å². The van der Waals surface area contributed by atoms with Crippen LogP contribution in [0.1, 0.15) is 12.5 Å². The van der Waals surface area contributed by atoms with E-state index in [1.165, 1.54) is 0 Å². The van der Waals surface area contributed by atoms with Gasteiger partial charge < -0.3 is 14.5 Å². The molecule has 1 fully saturated rings. The molecule has 6 heteroatoms. The molecule has 0 spiro atoms. The normalized spacial score (nSPS) is 21.7. The smallest absolute Gasteiger partial charge is 0.320 e. The van der Waals surface area contributed by atoms with Gasteiger partial charge in [0.05, 0.1) is 13.2 Å². The third-order valence-corrected chi connectivity index (χ3v) is 3.66. The van der Waals surface area contributed by atoms with Crippen LogP contribution in [0.3, 0.4) is 0 Å². The highest BCUT2D eigenvalue weighted by Crippen LogP contribution is 2.31. The largest absolute Gasteiger partial charge is 0.467 e. The fourth-order valence-corrected chi connectivity index (χ4v) is 2.70. The molecule has 0 aromatic carbocycles. The van der Waals surface area contributed by atoms with Crippen molar-refractivity contribution in [3.63, 3.8) is 0 Å². The molecule has 6 nitrogen and oxygen atoms in total. The molecule has 1 saturated heterocycles. The lowest BCUT2D eigenvalue weighted by Gasteiger charge is -2.24. The van der Waals surface area contributed by atoms with Crippen molar-refractivity contribution < 1.29 is 9.53 Å². The number of urea groups is 1. The summed E-state index contributed by atoms with van der Waals surface area (Å²) in [7, 11) is 1.54. The average molecular weight is 260 g/mol. The summed E-state index contributed by atoms with van der Waals surface area (Å²) < 4.78 is 4.96. The van der Waals surface area contributed by atoms with Crippen molar-refractivity contribution in [2.75, 3.05) is 26.7 Å². The summed E-state index contributed by atoms with van der Waals surface area (Å²) in [6.07, 6.45) is 5.60. The van der Waals surface area contributed by atoms with Crippen LogP contribution in [0.4, 0.5) is 4.79 Å². The standard InChI is InChI=1S/C13H16N4O2/c1-3-17-11-8-16(13(17)18)5-4-10(11)9-6-14-12(19-2)15-7-9/h4,6-7,11H,3,5,8H2,1-2H3. The Hall–Kier alpha value is -2.11. The first-order chi connectivity index (χ1) is 9.24. The van der Waals surface area contributed by atoms with Crippen LogP contribution < -0.4 is 4.74 Å². The second-order valence-corrected chi connectivity index (χ2v) is 4.61. The fourth-order valence-electron chi connectivity index (χ4n) is 2.70. The van der Waals surface area contributed by atoms with E-state index in [4.69, 9.17) is 4.74 Å². The van der Waals surface area contributed by atoms with E-state index < -0.39 is 0 Å².